The van der Waals surface area contributed by atoms with Crippen molar-refractivity contribution in [1.82, 2.24) is 10.2 Å². The van der Waals surface area contributed by atoms with Gasteiger partial charge in [-0.1, -0.05) is 13.8 Å². The van der Waals surface area contributed by atoms with E-state index in [1.165, 1.54) is 0 Å². The van der Waals surface area contributed by atoms with Gasteiger partial charge < -0.3 is 15.5 Å². The second-order valence-corrected chi connectivity index (χ2v) is 6.79. The van der Waals surface area contributed by atoms with Gasteiger partial charge in [-0.15, -0.1) is 0 Å². The van der Waals surface area contributed by atoms with Crippen LogP contribution in [-0.2, 0) is 4.79 Å². The maximum Gasteiger partial charge on any atom is 0.253 e. The molecule has 1 aliphatic heterocycles. The molecule has 5 heteroatoms. The highest BCUT2D eigenvalue weighted by Crippen LogP contribution is 2.19. The summed E-state index contributed by atoms with van der Waals surface area (Å²) in [5.74, 6) is 0.716. The van der Waals surface area contributed by atoms with Gasteiger partial charge in [0.05, 0.1) is 6.54 Å². The van der Waals surface area contributed by atoms with E-state index in [0.29, 0.717) is 24.1 Å². The Hall–Kier alpha value is -1.88. The lowest BCUT2D eigenvalue weighted by molar-refractivity contribution is -0.115. The first-order valence-corrected chi connectivity index (χ1v) is 8.92. The number of nitrogens with zero attached hydrogens (tertiary/aromatic N) is 1. The third-order valence-electron chi connectivity index (χ3n) is 4.71. The van der Waals surface area contributed by atoms with Crippen LogP contribution in [0.5, 0.6) is 0 Å². The van der Waals surface area contributed by atoms with Gasteiger partial charge in [0, 0.05) is 30.4 Å². The molecule has 1 heterocycles. The maximum absolute atomic E-state index is 12.5. The van der Waals surface area contributed by atoms with Crippen molar-refractivity contribution in [1.29, 1.82) is 0 Å². The molecular weight excluding hydrogens is 302 g/mol. The van der Waals surface area contributed by atoms with E-state index in [9.17, 15) is 9.59 Å². The Balaban J connectivity index is 1.86. The minimum atomic E-state index is -0.0700. The summed E-state index contributed by atoms with van der Waals surface area (Å²) in [6.07, 6.45) is 3.13. The zero-order chi connectivity index (χ0) is 17.5. The Labute approximate surface area is 144 Å². The fourth-order valence-corrected chi connectivity index (χ4v) is 2.71. The van der Waals surface area contributed by atoms with Crippen LogP contribution in [-0.4, -0.2) is 42.4 Å². The van der Waals surface area contributed by atoms with E-state index >= 15 is 0 Å². The average molecular weight is 331 g/mol. The number of rotatable bonds is 6. The van der Waals surface area contributed by atoms with Crippen molar-refractivity contribution in [3.05, 3.63) is 29.8 Å². The zero-order valence-electron chi connectivity index (χ0n) is 15.0. The lowest BCUT2D eigenvalue weighted by atomic mass is 9.98. The van der Waals surface area contributed by atoms with Crippen molar-refractivity contribution in [2.24, 2.45) is 5.92 Å². The van der Waals surface area contributed by atoms with Crippen LogP contribution in [0.25, 0.3) is 0 Å². The standard InChI is InChI=1S/C19H29N3O2/c1-4-15(3)20-13-18(23)21-17-7-5-16(6-8-17)19(24)22-11-9-14(2)10-12-22/h5-8,14-15,20H,4,9-13H2,1-3H3,(H,21,23). The predicted molar refractivity (Wildman–Crippen MR) is 97.1 cm³/mol. The summed E-state index contributed by atoms with van der Waals surface area (Å²) in [4.78, 5) is 26.3. The van der Waals surface area contributed by atoms with Gasteiger partial charge in [0.2, 0.25) is 5.91 Å². The summed E-state index contributed by atoms with van der Waals surface area (Å²) in [6, 6.07) is 7.49. The number of piperidine rings is 1. The lowest BCUT2D eigenvalue weighted by Crippen LogP contribution is -2.37. The van der Waals surface area contributed by atoms with Crippen LogP contribution in [0.1, 0.15) is 50.4 Å². The summed E-state index contributed by atoms with van der Waals surface area (Å²) >= 11 is 0. The molecule has 0 radical (unpaired) electrons. The van der Waals surface area contributed by atoms with Gasteiger partial charge in [-0.2, -0.15) is 0 Å². The SMILES string of the molecule is CCC(C)NCC(=O)Nc1ccc(C(=O)N2CCC(C)CC2)cc1. The average Bonchev–Trinajstić information content (AvgIpc) is 2.60. The molecule has 0 aromatic heterocycles. The molecule has 0 saturated carbocycles. The van der Waals surface area contributed by atoms with Gasteiger partial charge in [0.25, 0.3) is 5.91 Å². The van der Waals surface area contributed by atoms with E-state index in [1.807, 2.05) is 4.90 Å². The third-order valence-corrected chi connectivity index (χ3v) is 4.71. The highest BCUT2D eigenvalue weighted by molar-refractivity contribution is 5.96. The molecule has 1 aliphatic rings. The molecule has 1 saturated heterocycles. The van der Waals surface area contributed by atoms with Crippen molar-refractivity contribution in [3.8, 4) is 0 Å². The molecule has 2 rings (SSSR count). The Kier molecular flexibility index (Phi) is 6.79. The normalized spacial score (nSPS) is 16.7. The van der Waals surface area contributed by atoms with Crippen LogP contribution in [0.2, 0.25) is 0 Å². The molecule has 0 aliphatic carbocycles. The summed E-state index contributed by atoms with van der Waals surface area (Å²) in [5.41, 5.74) is 1.40. The van der Waals surface area contributed by atoms with Crippen molar-refractivity contribution in [2.75, 3.05) is 25.0 Å². The Morgan fingerprint density at radius 2 is 1.83 bits per heavy atom. The number of likely N-dealkylation sites (tertiary alicyclic amines) is 1. The van der Waals surface area contributed by atoms with Crippen LogP contribution in [0.15, 0.2) is 24.3 Å². The van der Waals surface area contributed by atoms with Crippen LogP contribution < -0.4 is 10.6 Å². The molecule has 0 spiro atoms. The number of hydrogen-bond donors (Lipinski definition) is 2. The number of carbonyl (C=O) groups excluding carboxylic acids is 2. The monoisotopic (exact) mass is 331 g/mol. The van der Waals surface area contributed by atoms with Crippen LogP contribution in [0.4, 0.5) is 5.69 Å². The lowest BCUT2D eigenvalue weighted by Gasteiger charge is -2.30. The first-order valence-electron chi connectivity index (χ1n) is 8.92. The van der Waals surface area contributed by atoms with Crippen LogP contribution in [0.3, 0.4) is 0 Å². The van der Waals surface area contributed by atoms with E-state index in [1.54, 1.807) is 24.3 Å². The van der Waals surface area contributed by atoms with Crippen molar-refractivity contribution < 1.29 is 9.59 Å². The van der Waals surface area contributed by atoms with Crippen molar-refractivity contribution in [2.45, 2.75) is 46.1 Å². The second kappa shape index (κ2) is 8.83. The summed E-state index contributed by atoms with van der Waals surface area (Å²) in [6.45, 7) is 8.32. The van der Waals surface area contributed by atoms with Gasteiger partial charge in [-0.3, -0.25) is 9.59 Å². The van der Waals surface area contributed by atoms with Gasteiger partial charge in [-0.05, 0) is 56.4 Å². The molecular formula is C19H29N3O2. The molecule has 24 heavy (non-hydrogen) atoms. The van der Waals surface area contributed by atoms with Crippen molar-refractivity contribution >= 4 is 17.5 Å². The highest BCUT2D eigenvalue weighted by Gasteiger charge is 2.21. The van der Waals surface area contributed by atoms with Crippen LogP contribution in [0, 0.1) is 5.92 Å². The summed E-state index contributed by atoms with van der Waals surface area (Å²) in [5, 5.41) is 6.00. The van der Waals surface area contributed by atoms with E-state index in [2.05, 4.69) is 31.4 Å². The molecule has 2 N–H and O–H groups in total. The molecule has 5 nitrogen and oxygen atoms in total. The quantitative estimate of drug-likeness (QED) is 0.842. The Bertz CT molecular complexity index is 548. The minimum Gasteiger partial charge on any atom is -0.339 e. The van der Waals surface area contributed by atoms with E-state index < -0.39 is 0 Å². The fraction of sp³-hybridized carbons (Fsp3) is 0.579. The number of carbonyl (C=O) groups is 2. The molecule has 2 amide bonds. The molecule has 1 aromatic carbocycles. The number of benzene rings is 1. The smallest absolute Gasteiger partial charge is 0.253 e. The van der Waals surface area contributed by atoms with E-state index in [0.717, 1.165) is 38.0 Å². The summed E-state index contributed by atoms with van der Waals surface area (Å²) < 4.78 is 0. The Morgan fingerprint density at radius 3 is 2.42 bits per heavy atom. The molecule has 1 unspecified atom stereocenters. The summed E-state index contributed by atoms with van der Waals surface area (Å²) in [7, 11) is 0. The third kappa shape index (κ3) is 5.34. The number of anilines is 1. The largest absolute Gasteiger partial charge is 0.339 e. The molecule has 0 bridgehead atoms. The molecule has 1 aromatic rings. The first-order chi connectivity index (χ1) is 11.5. The Morgan fingerprint density at radius 1 is 1.21 bits per heavy atom. The minimum absolute atomic E-state index is 0.0700. The fourth-order valence-electron chi connectivity index (χ4n) is 2.71. The van der Waals surface area contributed by atoms with E-state index in [4.69, 9.17) is 0 Å². The second-order valence-electron chi connectivity index (χ2n) is 6.79. The van der Waals surface area contributed by atoms with Crippen LogP contribution >= 0.6 is 0 Å². The van der Waals surface area contributed by atoms with E-state index in [-0.39, 0.29) is 11.8 Å². The number of amides is 2. The highest BCUT2D eigenvalue weighted by atomic mass is 16.2. The predicted octanol–water partition coefficient (Wildman–Crippen LogP) is 2.89. The topological polar surface area (TPSA) is 61.4 Å². The van der Waals surface area contributed by atoms with Gasteiger partial charge in [0.15, 0.2) is 0 Å². The van der Waals surface area contributed by atoms with Gasteiger partial charge in [-0.25, -0.2) is 0 Å². The van der Waals surface area contributed by atoms with Gasteiger partial charge in [0.1, 0.15) is 0 Å². The number of nitrogens with one attached hydrogen (secondary N) is 2. The first kappa shape index (κ1) is 18.5. The molecule has 1 fully saturated rings. The van der Waals surface area contributed by atoms with Crippen molar-refractivity contribution in [3.63, 3.8) is 0 Å². The maximum atomic E-state index is 12.5. The molecule has 1 atom stereocenters. The molecule has 132 valence electrons. The number of hydrogen-bond acceptors (Lipinski definition) is 3. The zero-order valence-corrected chi connectivity index (χ0v) is 15.0. The van der Waals surface area contributed by atoms with Gasteiger partial charge >= 0.3 is 0 Å².